The van der Waals surface area contributed by atoms with Crippen LogP contribution in [0, 0.1) is 5.92 Å². The van der Waals surface area contributed by atoms with E-state index in [9.17, 15) is 18.0 Å². The van der Waals surface area contributed by atoms with Crippen LogP contribution in [-0.4, -0.2) is 24.0 Å². The molecular weight excluding hydrogens is 331 g/mol. The van der Waals surface area contributed by atoms with E-state index in [4.69, 9.17) is 0 Å². The third kappa shape index (κ3) is 4.17. The van der Waals surface area contributed by atoms with Gasteiger partial charge >= 0.3 is 6.18 Å². The van der Waals surface area contributed by atoms with Crippen LogP contribution in [0.1, 0.15) is 22.6 Å². The van der Waals surface area contributed by atoms with E-state index < -0.39 is 17.7 Å². The molecule has 0 radical (unpaired) electrons. The van der Waals surface area contributed by atoms with Crippen molar-refractivity contribution in [3.8, 4) is 0 Å². The Bertz CT molecular complexity index is 734. The molecule has 25 heavy (non-hydrogen) atoms. The number of hydrogen-bond donors (Lipinski definition) is 2. The monoisotopic (exact) mass is 349 g/mol. The highest BCUT2D eigenvalue weighted by atomic mass is 19.4. The van der Waals surface area contributed by atoms with Crippen LogP contribution in [0.3, 0.4) is 0 Å². The van der Waals surface area contributed by atoms with Crippen molar-refractivity contribution in [2.75, 3.05) is 13.1 Å². The van der Waals surface area contributed by atoms with Gasteiger partial charge in [-0.05, 0) is 23.3 Å². The minimum Gasteiger partial charge on any atom is -0.352 e. The van der Waals surface area contributed by atoms with Gasteiger partial charge in [0.25, 0.3) is 0 Å². The summed E-state index contributed by atoms with van der Waals surface area (Å²) in [5.74, 6) is -0.854. The Morgan fingerprint density at radius 3 is 2.80 bits per heavy atom. The molecule has 7 heteroatoms. The van der Waals surface area contributed by atoms with Gasteiger partial charge in [-0.15, -0.1) is 0 Å². The Morgan fingerprint density at radius 2 is 2.08 bits per heavy atom. The fraction of sp³-hybridized carbons (Fsp3) is 0.333. The molecule has 1 aromatic carbocycles. The largest absolute Gasteiger partial charge is 0.416 e. The molecule has 1 amide bonds. The highest BCUT2D eigenvalue weighted by Gasteiger charge is 2.36. The lowest BCUT2D eigenvalue weighted by molar-refractivity contribution is -0.137. The number of carbonyl (C=O) groups is 1. The molecular formula is C18H18F3N3O. The van der Waals surface area contributed by atoms with Crippen LogP contribution >= 0.6 is 0 Å². The summed E-state index contributed by atoms with van der Waals surface area (Å²) in [5.41, 5.74) is 0.713. The Hall–Kier alpha value is -2.41. The van der Waals surface area contributed by atoms with Crippen LogP contribution in [0.25, 0.3) is 0 Å². The molecule has 1 aliphatic rings. The second kappa shape index (κ2) is 7.23. The predicted molar refractivity (Wildman–Crippen MR) is 86.6 cm³/mol. The van der Waals surface area contributed by atoms with Crippen molar-refractivity contribution in [2.24, 2.45) is 5.92 Å². The van der Waals surface area contributed by atoms with Crippen LogP contribution in [-0.2, 0) is 17.5 Å². The summed E-state index contributed by atoms with van der Waals surface area (Å²) in [4.78, 5) is 16.5. The van der Waals surface area contributed by atoms with Crippen LogP contribution in [0.4, 0.5) is 13.2 Å². The Kier molecular flexibility index (Phi) is 5.03. The fourth-order valence-corrected chi connectivity index (χ4v) is 3.07. The summed E-state index contributed by atoms with van der Waals surface area (Å²) >= 11 is 0. The number of nitrogens with zero attached hydrogens (tertiary/aromatic N) is 1. The van der Waals surface area contributed by atoms with Crippen molar-refractivity contribution in [1.29, 1.82) is 0 Å². The van der Waals surface area contributed by atoms with Gasteiger partial charge in [-0.25, -0.2) is 0 Å². The topological polar surface area (TPSA) is 54.0 Å². The van der Waals surface area contributed by atoms with Crippen LogP contribution in [0.2, 0.25) is 0 Å². The third-order valence-electron chi connectivity index (χ3n) is 4.38. The summed E-state index contributed by atoms with van der Waals surface area (Å²) in [6.07, 6.45) is -1.08. The van der Waals surface area contributed by atoms with Gasteiger partial charge in [0.05, 0.1) is 11.5 Å². The molecule has 2 unspecified atom stereocenters. The summed E-state index contributed by atoms with van der Waals surface area (Å²) in [6.45, 7) is 1.27. The van der Waals surface area contributed by atoms with Crippen molar-refractivity contribution in [2.45, 2.75) is 18.6 Å². The summed E-state index contributed by atoms with van der Waals surface area (Å²) in [7, 11) is 0. The van der Waals surface area contributed by atoms with Crippen molar-refractivity contribution in [1.82, 2.24) is 15.6 Å². The average Bonchev–Trinajstić information content (AvgIpc) is 3.10. The van der Waals surface area contributed by atoms with Gasteiger partial charge in [0.1, 0.15) is 0 Å². The first kappa shape index (κ1) is 17.4. The standard InChI is InChI=1S/C18H18F3N3O/c19-18(20,21)14-5-1-4-13(7-14)15-10-23-11-16(15)17(25)24-9-12-3-2-6-22-8-12/h1-8,15-16,23H,9-11H2,(H,24,25). The number of hydrogen-bond acceptors (Lipinski definition) is 3. The lowest BCUT2D eigenvalue weighted by Crippen LogP contribution is -2.34. The SMILES string of the molecule is O=C(NCc1cccnc1)C1CNCC1c1cccc(C(F)(F)F)c1. The first-order valence-electron chi connectivity index (χ1n) is 7.99. The number of halogens is 3. The molecule has 2 heterocycles. The average molecular weight is 349 g/mol. The summed E-state index contributed by atoms with van der Waals surface area (Å²) in [6, 6.07) is 8.85. The first-order chi connectivity index (χ1) is 11.9. The zero-order chi connectivity index (χ0) is 17.9. The minimum absolute atomic E-state index is 0.170. The molecule has 2 atom stereocenters. The lowest BCUT2D eigenvalue weighted by Gasteiger charge is -2.19. The number of rotatable bonds is 4. The number of nitrogens with one attached hydrogen (secondary N) is 2. The molecule has 1 aromatic heterocycles. The summed E-state index contributed by atoms with van der Waals surface area (Å²) in [5, 5.41) is 5.95. The van der Waals surface area contributed by atoms with E-state index in [0.29, 0.717) is 25.2 Å². The fourth-order valence-electron chi connectivity index (χ4n) is 3.07. The minimum atomic E-state index is -4.39. The number of benzene rings is 1. The van der Waals surface area contributed by atoms with E-state index in [0.717, 1.165) is 17.7 Å². The molecule has 1 saturated heterocycles. The molecule has 3 rings (SSSR count). The van der Waals surface area contributed by atoms with Gasteiger partial charge in [0.15, 0.2) is 0 Å². The van der Waals surface area contributed by atoms with Gasteiger partial charge in [-0.3, -0.25) is 9.78 Å². The molecule has 132 valence electrons. The number of amides is 1. The van der Waals surface area contributed by atoms with E-state index in [1.54, 1.807) is 24.5 Å². The van der Waals surface area contributed by atoms with Crippen molar-refractivity contribution in [3.63, 3.8) is 0 Å². The van der Waals surface area contributed by atoms with E-state index in [1.807, 2.05) is 6.07 Å². The number of alkyl halides is 3. The zero-order valence-electron chi connectivity index (χ0n) is 13.4. The molecule has 2 aromatic rings. The van der Waals surface area contributed by atoms with Crippen LogP contribution in [0.15, 0.2) is 48.8 Å². The Morgan fingerprint density at radius 1 is 1.24 bits per heavy atom. The molecule has 0 aliphatic carbocycles. The highest BCUT2D eigenvalue weighted by Crippen LogP contribution is 2.34. The normalized spacial score (nSPS) is 20.4. The predicted octanol–water partition coefficient (Wildman–Crippen LogP) is 2.72. The molecule has 0 bridgehead atoms. The number of carbonyl (C=O) groups excluding carboxylic acids is 1. The van der Waals surface area contributed by atoms with Crippen molar-refractivity contribution < 1.29 is 18.0 Å². The van der Waals surface area contributed by atoms with Crippen LogP contribution < -0.4 is 10.6 Å². The van der Waals surface area contributed by atoms with Gasteiger partial charge in [0.2, 0.25) is 5.91 Å². The Balaban J connectivity index is 1.71. The maximum Gasteiger partial charge on any atom is 0.416 e. The highest BCUT2D eigenvalue weighted by molar-refractivity contribution is 5.80. The molecule has 4 nitrogen and oxygen atoms in total. The van der Waals surface area contributed by atoms with E-state index in [-0.39, 0.29) is 11.8 Å². The van der Waals surface area contributed by atoms with Gasteiger partial charge in [0, 0.05) is 37.9 Å². The van der Waals surface area contributed by atoms with Gasteiger partial charge < -0.3 is 10.6 Å². The molecule has 1 fully saturated rings. The maximum absolute atomic E-state index is 12.9. The van der Waals surface area contributed by atoms with Crippen molar-refractivity contribution in [3.05, 3.63) is 65.5 Å². The second-order valence-electron chi connectivity index (χ2n) is 6.07. The van der Waals surface area contributed by atoms with E-state index in [1.165, 1.54) is 6.07 Å². The smallest absolute Gasteiger partial charge is 0.352 e. The van der Waals surface area contributed by atoms with E-state index >= 15 is 0 Å². The van der Waals surface area contributed by atoms with Crippen LogP contribution in [0.5, 0.6) is 0 Å². The maximum atomic E-state index is 12.9. The van der Waals surface area contributed by atoms with Gasteiger partial charge in [-0.2, -0.15) is 13.2 Å². The zero-order valence-corrected chi connectivity index (χ0v) is 13.4. The van der Waals surface area contributed by atoms with Crippen molar-refractivity contribution >= 4 is 5.91 Å². The summed E-state index contributed by atoms with van der Waals surface area (Å²) < 4.78 is 38.8. The number of pyridine rings is 1. The first-order valence-corrected chi connectivity index (χ1v) is 7.99. The molecule has 0 saturated carbocycles. The Labute approximate surface area is 143 Å². The van der Waals surface area contributed by atoms with Gasteiger partial charge in [-0.1, -0.05) is 24.3 Å². The van der Waals surface area contributed by atoms with E-state index in [2.05, 4.69) is 15.6 Å². The molecule has 1 aliphatic heterocycles. The number of aromatic nitrogens is 1. The lowest BCUT2D eigenvalue weighted by atomic mass is 9.87. The second-order valence-corrected chi connectivity index (χ2v) is 6.07. The molecule has 2 N–H and O–H groups in total. The third-order valence-corrected chi connectivity index (χ3v) is 4.38. The molecule has 0 spiro atoms. The quantitative estimate of drug-likeness (QED) is 0.892.